The average Bonchev–Trinajstić information content (AvgIpc) is 3.06. The Morgan fingerprint density at radius 1 is 1.24 bits per heavy atom. The highest BCUT2D eigenvalue weighted by molar-refractivity contribution is 9.09. The number of benzene rings is 1. The van der Waals surface area contributed by atoms with Crippen molar-refractivity contribution >= 4 is 15.9 Å². The maximum atomic E-state index is 13.3. The molecule has 0 radical (unpaired) electrons. The van der Waals surface area contributed by atoms with Crippen molar-refractivity contribution in [1.82, 2.24) is 0 Å². The molecule has 0 bridgehead atoms. The first-order chi connectivity index (χ1) is 8.18. The van der Waals surface area contributed by atoms with E-state index in [1.807, 2.05) is 19.1 Å². The van der Waals surface area contributed by atoms with E-state index < -0.39 is 0 Å². The zero-order chi connectivity index (χ0) is 12.0. The largest absolute Gasteiger partial charge is 0.207 e. The van der Waals surface area contributed by atoms with Gasteiger partial charge < -0.3 is 0 Å². The van der Waals surface area contributed by atoms with Crippen molar-refractivity contribution in [2.24, 2.45) is 17.8 Å². The Hall–Kier alpha value is -0.370. The predicted molar refractivity (Wildman–Crippen MR) is 71.7 cm³/mol. The first-order valence-corrected chi connectivity index (χ1v) is 7.50. The summed E-state index contributed by atoms with van der Waals surface area (Å²) in [5.41, 5.74) is 2.01. The molecule has 2 aliphatic rings. The monoisotopic (exact) mass is 296 g/mol. The Labute approximate surface area is 111 Å². The number of fused-ring (bicyclic) bond motifs is 1. The van der Waals surface area contributed by atoms with Gasteiger partial charge in [-0.1, -0.05) is 40.9 Å². The van der Waals surface area contributed by atoms with Crippen molar-refractivity contribution in [2.75, 3.05) is 0 Å². The lowest BCUT2D eigenvalue weighted by atomic mass is 10.0. The van der Waals surface area contributed by atoms with Crippen LogP contribution in [0.25, 0.3) is 0 Å². The highest BCUT2D eigenvalue weighted by Crippen LogP contribution is 2.62. The van der Waals surface area contributed by atoms with E-state index in [9.17, 15) is 4.39 Å². The summed E-state index contributed by atoms with van der Waals surface area (Å²) in [7, 11) is 0. The first-order valence-electron chi connectivity index (χ1n) is 6.58. The molecule has 0 aliphatic heterocycles. The third kappa shape index (κ3) is 2.05. The molecule has 0 spiro atoms. The van der Waals surface area contributed by atoms with Gasteiger partial charge in [-0.3, -0.25) is 0 Å². The summed E-state index contributed by atoms with van der Waals surface area (Å²) in [4.78, 5) is 0.426. The maximum absolute atomic E-state index is 13.3. The van der Waals surface area contributed by atoms with Crippen molar-refractivity contribution < 1.29 is 4.39 Å². The molecule has 0 nitrogen and oxygen atoms in total. The summed E-state index contributed by atoms with van der Waals surface area (Å²) in [6.45, 7) is 1.85. The van der Waals surface area contributed by atoms with Gasteiger partial charge in [0.1, 0.15) is 5.82 Å². The summed E-state index contributed by atoms with van der Waals surface area (Å²) in [6, 6.07) is 5.54. The molecular formula is C15H18BrF. The maximum Gasteiger partial charge on any atom is 0.126 e. The van der Waals surface area contributed by atoms with E-state index in [-0.39, 0.29) is 5.82 Å². The van der Waals surface area contributed by atoms with E-state index in [0.717, 1.165) is 23.3 Å². The molecule has 2 saturated carbocycles. The molecule has 0 aromatic heterocycles. The van der Waals surface area contributed by atoms with E-state index in [0.29, 0.717) is 4.83 Å². The van der Waals surface area contributed by atoms with E-state index in [4.69, 9.17) is 0 Å². The zero-order valence-corrected chi connectivity index (χ0v) is 11.7. The van der Waals surface area contributed by atoms with Crippen molar-refractivity contribution in [3.05, 3.63) is 35.1 Å². The van der Waals surface area contributed by atoms with Crippen LogP contribution in [-0.4, -0.2) is 0 Å². The molecule has 3 rings (SSSR count). The van der Waals surface area contributed by atoms with Gasteiger partial charge in [-0.05, 0) is 54.7 Å². The molecule has 0 heterocycles. The minimum Gasteiger partial charge on any atom is -0.207 e. The summed E-state index contributed by atoms with van der Waals surface area (Å²) in [5.74, 6) is 2.56. The van der Waals surface area contributed by atoms with Gasteiger partial charge in [-0.2, -0.15) is 0 Å². The number of alkyl halides is 1. The molecule has 2 heteroatoms. The molecule has 92 valence electrons. The number of hydrogen-bond donors (Lipinski definition) is 0. The van der Waals surface area contributed by atoms with Gasteiger partial charge in [0.25, 0.3) is 0 Å². The second kappa shape index (κ2) is 4.38. The van der Waals surface area contributed by atoms with Gasteiger partial charge in [0.05, 0.1) is 0 Å². The van der Waals surface area contributed by atoms with Gasteiger partial charge in [-0.25, -0.2) is 4.39 Å². The Morgan fingerprint density at radius 2 is 1.88 bits per heavy atom. The van der Waals surface area contributed by atoms with Crippen LogP contribution in [0.5, 0.6) is 0 Å². The fraction of sp³-hybridized carbons (Fsp3) is 0.600. The van der Waals surface area contributed by atoms with Crippen LogP contribution in [-0.2, 0) is 0 Å². The number of halogens is 2. The molecule has 0 saturated heterocycles. The van der Waals surface area contributed by atoms with Crippen LogP contribution in [0.15, 0.2) is 18.2 Å². The Bertz CT molecular complexity index is 417. The van der Waals surface area contributed by atoms with Gasteiger partial charge in [0, 0.05) is 4.83 Å². The molecule has 17 heavy (non-hydrogen) atoms. The van der Waals surface area contributed by atoms with Crippen molar-refractivity contribution in [3.8, 4) is 0 Å². The van der Waals surface area contributed by atoms with Crippen LogP contribution >= 0.6 is 15.9 Å². The normalized spacial score (nSPS) is 33.0. The molecule has 3 unspecified atom stereocenters. The highest BCUT2D eigenvalue weighted by Gasteiger charge is 2.53. The molecule has 2 fully saturated rings. The fourth-order valence-corrected chi connectivity index (χ4v) is 4.61. The third-order valence-corrected chi connectivity index (χ3v) is 5.70. The number of hydrogen-bond acceptors (Lipinski definition) is 0. The topological polar surface area (TPSA) is 0 Å². The quantitative estimate of drug-likeness (QED) is 0.673. The molecular weight excluding hydrogens is 279 g/mol. The smallest absolute Gasteiger partial charge is 0.126 e. The van der Waals surface area contributed by atoms with Crippen LogP contribution in [0.3, 0.4) is 0 Å². The lowest BCUT2D eigenvalue weighted by molar-refractivity contribution is 0.480. The van der Waals surface area contributed by atoms with Crippen molar-refractivity contribution in [3.63, 3.8) is 0 Å². The molecule has 3 atom stereocenters. The Balaban J connectivity index is 1.78. The van der Waals surface area contributed by atoms with Gasteiger partial charge in [0.15, 0.2) is 0 Å². The zero-order valence-electron chi connectivity index (χ0n) is 10.1. The molecule has 1 aromatic carbocycles. The fourth-order valence-electron chi connectivity index (χ4n) is 3.54. The molecule has 2 aliphatic carbocycles. The molecule has 0 N–H and O–H groups in total. The van der Waals surface area contributed by atoms with E-state index in [1.54, 1.807) is 6.07 Å². The number of rotatable bonds is 2. The predicted octanol–water partition coefficient (Wildman–Crippen LogP) is 5.01. The molecule has 1 aromatic rings. The van der Waals surface area contributed by atoms with Gasteiger partial charge in [0.2, 0.25) is 0 Å². The summed E-state index contributed by atoms with van der Waals surface area (Å²) in [5, 5.41) is 0. The summed E-state index contributed by atoms with van der Waals surface area (Å²) >= 11 is 3.84. The van der Waals surface area contributed by atoms with Crippen molar-refractivity contribution in [1.29, 1.82) is 0 Å². The third-order valence-electron chi connectivity index (χ3n) is 4.56. The summed E-state index contributed by atoms with van der Waals surface area (Å²) in [6.07, 6.45) is 5.61. The molecule has 0 amide bonds. The van der Waals surface area contributed by atoms with Crippen LogP contribution in [0.1, 0.15) is 41.6 Å². The van der Waals surface area contributed by atoms with E-state index >= 15 is 0 Å². The first kappa shape index (κ1) is 11.7. The minimum atomic E-state index is -0.0957. The average molecular weight is 297 g/mol. The Morgan fingerprint density at radius 3 is 2.47 bits per heavy atom. The number of aryl methyl sites for hydroxylation is 1. The standard InChI is InChI=1S/C15H18BrF/c1-9-8-10(6-7-13(9)17)15(16)14-11-4-2-3-5-12(11)14/h6-8,11-12,14-15H,2-5H2,1H3. The van der Waals surface area contributed by atoms with Crippen LogP contribution in [0.4, 0.5) is 4.39 Å². The van der Waals surface area contributed by atoms with Crippen LogP contribution in [0, 0.1) is 30.5 Å². The summed E-state index contributed by atoms with van der Waals surface area (Å²) < 4.78 is 13.3. The lowest BCUT2D eigenvalue weighted by Gasteiger charge is -2.11. The SMILES string of the molecule is Cc1cc(C(Br)C2C3CCCCC32)ccc1F. The second-order valence-electron chi connectivity index (χ2n) is 5.60. The van der Waals surface area contributed by atoms with E-state index in [2.05, 4.69) is 15.9 Å². The second-order valence-corrected chi connectivity index (χ2v) is 6.59. The van der Waals surface area contributed by atoms with E-state index in [1.165, 1.54) is 31.2 Å². The Kier molecular flexibility index (Phi) is 3.02. The highest BCUT2D eigenvalue weighted by atomic mass is 79.9. The lowest BCUT2D eigenvalue weighted by Crippen LogP contribution is -1.97. The minimum absolute atomic E-state index is 0.0957. The van der Waals surface area contributed by atoms with Crippen molar-refractivity contribution in [2.45, 2.75) is 37.4 Å². The van der Waals surface area contributed by atoms with Gasteiger partial charge >= 0.3 is 0 Å². The van der Waals surface area contributed by atoms with Crippen LogP contribution in [0.2, 0.25) is 0 Å². The van der Waals surface area contributed by atoms with Crippen LogP contribution < -0.4 is 0 Å². The van der Waals surface area contributed by atoms with Gasteiger partial charge in [-0.15, -0.1) is 0 Å².